The molecule has 2 rings (SSSR count). The van der Waals surface area contributed by atoms with E-state index in [0.717, 1.165) is 12.1 Å². The van der Waals surface area contributed by atoms with Gasteiger partial charge in [0.05, 0.1) is 11.6 Å². The SMILES string of the molecule is CCc1cccc(NC(=O)[C@@H](C)Oc2ccc(C#N)cc2)c1. The van der Waals surface area contributed by atoms with Crippen molar-refractivity contribution in [1.82, 2.24) is 0 Å². The summed E-state index contributed by atoms with van der Waals surface area (Å²) in [5, 5.41) is 11.6. The Morgan fingerprint density at radius 1 is 1.27 bits per heavy atom. The zero-order chi connectivity index (χ0) is 15.9. The molecule has 0 fully saturated rings. The number of nitriles is 1. The van der Waals surface area contributed by atoms with Crippen LogP contribution in [0.4, 0.5) is 5.69 Å². The molecule has 1 N–H and O–H groups in total. The van der Waals surface area contributed by atoms with Gasteiger partial charge in [0.2, 0.25) is 0 Å². The number of nitrogens with one attached hydrogen (secondary N) is 1. The van der Waals surface area contributed by atoms with Crippen molar-refractivity contribution in [3.8, 4) is 11.8 Å². The molecule has 0 radical (unpaired) electrons. The largest absolute Gasteiger partial charge is 0.481 e. The molecule has 1 amide bonds. The van der Waals surface area contributed by atoms with Crippen LogP contribution in [-0.4, -0.2) is 12.0 Å². The molecule has 112 valence electrons. The Labute approximate surface area is 130 Å². The molecule has 0 saturated carbocycles. The highest BCUT2D eigenvalue weighted by atomic mass is 16.5. The molecular formula is C18H18N2O2. The second-order valence-corrected chi connectivity index (χ2v) is 4.94. The first-order valence-corrected chi connectivity index (χ1v) is 7.19. The van der Waals surface area contributed by atoms with Crippen molar-refractivity contribution in [3.63, 3.8) is 0 Å². The zero-order valence-corrected chi connectivity index (χ0v) is 12.7. The maximum absolute atomic E-state index is 12.2. The lowest BCUT2D eigenvalue weighted by Crippen LogP contribution is -2.30. The van der Waals surface area contributed by atoms with E-state index in [1.807, 2.05) is 30.3 Å². The van der Waals surface area contributed by atoms with E-state index >= 15 is 0 Å². The third kappa shape index (κ3) is 4.10. The summed E-state index contributed by atoms with van der Waals surface area (Å²) in [6.07, 6.45) is 0.291. The maximum Gasteiger partial charge on any atom is 0.265 e. The van der Waals surface area contributed by atoms with Gasteiger partial charge in [-0.3, -0.25) is 4.79 Å². The molecule has 0 aliphatic heterocycles. The van der Waals surface area contributed by atoms with Crippen molar-refractivity contribution in [3.05, 3.63) is 59.7 Å². The molecule has 2 aromatic rings. The Balaban J connectivity index is 1.97. The van der Waals surface area contributed by atoms with Crippen LogP contribution in [-0.2, 0) is 11.2 Å². The fraction of sp³-hybridized carbons (Fsp3) is 0.222. The van der Waals surface area contributed by atoms with E-state index < -0.39 is 6.10 Å². The summed E-state index contributed by atoms with van der Waals surface area (Å²) in [6, 6.07) is 16.5. The van der Waals surface area contributed by atoms with Crippen LogP contribution in [0.5, 0.6) is 5.75 Å². The lowest BCUT2D eigenvalue weighted by atomic mass is 10.1. The van der Waals surface area contributed by atoms with Gasteiger partial charge in [-0.15, -0.1) is 0 Å². The highest BCUT2D eigenvalue weighted by molar-refractivity contribution is 5.94. The van der Waals surface area contributed by atoms with Crippen LogP contribution in [0.2, 0.25) is 0 Å². The van der Waals surface area contributed by atoms with E-state index in [1.54, 1.807) is 31.2 Å². The van der Waals surface area contributed by atoms with E-state index in [9.17, 15) is 4.79 Å². The van der Waals surface area contributed by atoms with Crippen LogP contribution >= 0.6 is 0 Å². The first-order valence-electron chi connectivity index (χ1n) is 7.19. The number of amides is 1. The molecule has 22 heavy (non-hydrogen) atoms. The van der Waals surface area contributed by atoms with Gasteiger partial charge in [-0.1, -0.05) is 19.1 Å². The van der Waals surface area contributed by atoms with Gasteiger partial charge >= 0.3 is 0 Å². The Kier molecular flexibility index (Phi) is 5.16. The smallest absolute Gasteiger partial charge is 0.265 e. The molecular weight excluding hydrogens is 276 g/mol. The van der Waals surface area contributed by atoms with Gasteiger partial charge < -0.3 is 10.1 Å². The molecule has 2 aromatic carbocycles. The van der Waals surface area contributed by atoms with Gasteiger partial charge in [-0.05, 0) is 55.3 Å². The minimum absolute atomic E-state index is 0.211. The van der Waals surface area contributed by atoms with Crippen molar-refractivity contribution < 1.29 is 9.53 Å². The minimum atomic E-state index is -0.627. The van der Waals surface area contributed by atoms with Crippen LogP contribution < -0.4 is 10.1 Å². The molecule has 0 aromatic heterocycles. The Morgan fingerprint density at radius 2 is 2.00 bits per heavy atom. The third-order valence-electron chi connectivity index (χ3n) is 3.27. The van der Waals surface area contributed by atoms with Crippen LogP contribution in [0.25, 0.3) is 0 Å². The topological polar surface area (TPSA) is 62.1 Å². The third-order valence-corrected chi connectivity index (χ3v) is 3.27. The lowest BCUT2D eigenvalue weighted by molar-refractivity contribution is -0.122. The predicted molar refractivity (Wildman–Crippen MR) is 85.7 cm³/mol. The van der Waals surface area contributed by atoms with Crippen LogP contribution in [0, 0.1) is 11.3 Å². The van der Waals surface area contributed by atoms with E-state index in [-0.39, 0.29) is 5.91 Å². The molecule has 0 saturated heterocycles. The fourth-order valence-electron chi connectivity index (χ4n) is 1.98. The summed E-state index contributed by atoms with van der Waals surface area (Å²) in [6.45, 7) is 3.76. The molecule has 0 aliphatic rings. The average Bonchev–Trinajstić information content (AvgIpc) is 2.55. The molecule has 0 aliphatic carbocycles. The molecule has 1 atom stereocenters. The van der Waals surface area contributed by atoms with E-state index in [2.05, 4.69) is 12.2 Å². The molecule has 0 unspecified atom stereocenters. The van der Waals surface area contributed by atoms with Gasteiger partial charge in [0.15, 0.2) is 6.10 Å². The van der Waals surface area contributed by atoms with Gasteiger partial charge in [0.1, 0.15) is 5.75 Å². The van der Waals surface area contributed by atoms with Crippen LogP contribution in [0.1, 0.15) is 25.0 Å². The summed E-state index contributed by atoms with van der Waals surface area (Å²) in [5.41, 5.74) is 2.49. The van der Waals surface area contributed by atoms with E-state index in [1.165, 1.54) is 5.56 Å². The Morgan fingerprint density at radius 3 is 2.64 bits per heavy atom. The van der Waals surface area contributed by atoms with Crippen molar-refractivity contribution in [1.29, 1.82) is 5.26 Å². The molecule has 0 bridgehead atoms. The Hall–Kier alpha value is -2.80. The monoisotopic (exact) mass is 294 g/mol. The summed E-state index contributed by atoms with van der Waals surface area (Å²) in [4.78, 5) is 12.2. The standard InChI is InChI=1S/C18H18N2O2/c1-3-14-5-4-6-16(11-14)20-18(21)13(2)22-17-9-7-15(12-19)8-10-17/h4-11,13H,3H2,1-2H3,(H,20,21)/t13-/m1/s1. The fourth-order valence-corrected chi connectivity index (χ4v) is 1.98. The average molecular weight is 294 g/mol. The number of nitrogens with zero attached hydrogens (tertiary/aromatic N) is 1. The number of anilines is 1. The number of carbonyl (C=O) groups excluding carboxylic acids is 1. The number of aryl methyl sites for hydroxylation is 1. The second-order valence-electron chi connectivity index (χ2n) is 4.94. The van der Waals surface area contributed by atoms with Gasteiger partial charge in [-0.25, -0.2) is 0 Å². The highest BCUT2D eigenvalue weighted by Crippen LogP contribution is 2.15. The lowest BCUT2D eigenvalue weighted by Gasteiger charge is -2.15. The van der Waals surface area contributed by atoms with Crippen molar-refractivity contribution in [2.75, 3.05) is 5.32 Å². The van der Waals surface area contributed by atoms with Crippen molar-refractivity contribution in [2.24, 2.45) is 0 Å². The summed E-state index contributed by atoms with van der Waals surface area (Å²) in [7, 11) is 0. The zero-order valence-electron chi connectivity index (χ0n) is 12.7. The van der Waals surface area contributed by atoms with Gasteiger partial charge in [0.25, 0.3) is 5.91 Å². The number of benzene rings is 2. The quantitative estimate of drug-likeness (QED) is 0.917. The van der Waals surface area contributed by atoms with Crippen molar-refractivity contribution in [2.45, 2.75) is 26.4 Å². The first-order chi connectivity index (χ1) is 10.6. The van der Waals surface area contributed by atoms with Gasteiger partial charge in [-0.2, -0.15) is 5.26 Å². The number of hydrogen-bond donors (Lipinski definition) is 1. The molecule has 0 heterocycles. The van der Waals surface area contributed by atoms with Gasteiger partial charge in [0, 0.05) is 5.69 Å². The summed E-state index contributed by atoms with van der Waals surface area (Å²) >= 11 is 0. The molecule has 4 nitrogen and oxygen atoms in total. The number of hydrogen-bond acceptors (Lipinski definition) is 3. The minimum Gasteiger partial charge on any atom is -0.481 e. The first kappa shape index (κ1) is 15.6. The van der Waals surface area contributed by atoms with Crippen LogP contribution in [0.15, 0.2) is 48.5 Å². The molecule has 4 heteroatoms. The second kappa shape index (κ2) is 7.28. The number of rotatable bonds is 5. The predicted octanol–water partition coefficient (Wildman–Crippen LogP) is 3.53. The normalized spacial score (nSPS) is 11.3. The van der Waals surface area contributed by atoms with E-state index in [4.69, 9.17) is 10.00 Å². The summed E-state index contributed by atoms with van der Waals surface area (Å²) < 4.78 is 5.58. The maximum atomic E-state index is 12.2. The number of ether oxygens (including phenoxy) is 1. The molecule has 0 spiro atoms. The van der Waals surface area contributed by atoms with Crippen LogP contribution in [0.3, 0.4) is 0 Å². The highest BCUT2D eigenvalue weighted by Gasteiger charge is 2.15. The Bertz CT molecular complexity index is 687. The number of carbonyl (C=O) groups is 1. The van der Waals surface area contributed by atoms with Crippen molar-refractivity contribution >= 4 is 11.6 Å². The van der Waals surface area contributed by atoms with E-state index in [0.29, 0.717) is 11.3 Å². The summed E-state index contributed by atoms with van der Waals surface area (Å²) in [5.74, 6) is 0.349.